The average Bonchev–Trinajstić information content (AvgIpc) is 2.16. The fraction of sp³-hybridized carbons (Fsp3) is 0.333. The van der Waals surface area contributed by atoms with Gasteiger partial charge in [0.25, 0.3) is 0 Å². The van der Waals surface area contributed by atoms with Gasteiger partial charge >= 0.3 is 0 Å². The zero-order valence-corrected chi connectivity index (χ0v) is 9.62. The molecule has 0 amide bonds. The van der Waals surface area contributed by atoms with Gasteiger partial charge in [-0.05, 0) is 18.6 Å². The summed E-state index contributed by atoms with van der Waals surface area (Å²) in [4.78, 5) is 0.623. The predicted molar refractivity (Wildman–Crippen MR) is 59.3 cm³/mol. The Bertz CT molecular complexity index is 408. The molecule has 5 heteroatoms. The first-order valence-corrected chi connectivity index (χ1v) is 6.30. The minimum absolute atomic E-state index is 0.145. The Morgan fingerprint density at radius 2 is 2.00 bits per heavy atom. The molecule has 0 radical (unpaired) electrons. The summed E-state index contributed by atoms with van der Waals surface area (Å²) in [6, 6.07) is 3.22. The Hall–Kier alpha value is -0.0900. The van der Waals surface area contributed by atoms with Crippen LogP contribution in [0.4, 0.5) is 0 Å². The molecule has 1 aromatic carbocycles. The summed E-state index contributed by atoms with van der Waals surface area (Å²) in [5.41, 5.74) is 6.65. The fourth-order valence-electron chi connectivity index (χ4n) is 1.61. The molecule has 1 heterocycles. The molecule has 1 aromatic rings. The molecule has 0 aromatic heterocycles. The first-order valence-electron chi connectivity index (χ1n) is 4.23. The topological polar surface area (TPSA) is 43.1 Å². The Morgan fingerprint density at radius 3 is 2.64 bits per heavy atom. The predicted octanol–water partition coefficient (Wildman–Crippen LogP) is 2.50. The van der Waals surface area contributed by atoms with Gasteiger partial charge in [-0.1, -0.05) is 23.2 Å². The molecule has 2 rings (SSSR count). The molecule has 76 valence electrons. The smallest absolute Gasteiger partial charge is 0.0636 e. The molecule has 14 heavy (non-hydrogen) atoms. The van der Waals surface area contributed by atoms with E-state index in [0.717, 1.165) is 5.56 Å². The van der Waals surface area contributed by atoms with E-state index >= 15 is 0 Å². The summed E-state index contributed by atoms with van der Waals surface area (Å²) in [5, 5.41) is 1.06. The van der Waals surface area contributed by atoms with Crippen molar-refractivity contribution in [3.05, 3.63) is 27.7 Å². The van der Waals surface area contributed by atoms with Crippen LogP contribution in [-0.4, -0.2) is 9.96 Å². The largest absolute Gasteiger partial charge is 0.324 e. The fourth-order valence-corrected chi connectivity index (χ4v) is 3.85. The van der Waals surface area contributed by atoms with Gasteiger partial charge in [-0.2, -0.15) is 0 Å². The van der Waals surface area contributed by atoms with E-state index in [1.807, 2.05) is 0 Å². The zero-order chi connectivity index (χ0) is 10.3. The lowest BCUT2D eigenvalue weighted by molar-refractivity contribution is 0.637. The number of hydrogen-bond acceptors (Lipinski definition) is 2. The third kappa shape index (κ3) is 1.58. The zero-order valence-electron chi connectivity index (χ0n) is 7.30. The Kier molecular flexibility index (Phi) is 2.84. The van der Waals surface area contributed by atoms with Gasteiger partial charge in [0.1, 0.15) is 0 Å². The van der Waals surface area contributed by atoms with E-state index in [2.05, 4.69) is 0 Å². The average molecular weight is 250 g/mol. The van der Waals surface area contributed by atoms with E-state index < -0.39 is 10.8 Å². The summed E-state index contributed by atoms with van der Waals surface area (Å²) in [7, 11) is -1.05. The summed E-state index contributed by atoms with van der Waals surface area (Å²) in [6.45, 7) is 0. The van der Waals surface area contributed by atoms with Crippen molar-refractivity contribution in [2.45, 2.75) is 17.4 Å². The Balaban J connectivity index is 2.71. The van der Waals surface area contributed by atoms with Crippen LogP contribution in [0.25, 0.3) is 0 Å². The Labute approximate surface area is 94.8 Å². The highest BCUT2D eigenvalue weighted by atomic mass is 35.5. The van der Waals surface area contributed by atoms with E-state index in [0.29, 0.717) is 27.1 Å². The van der Waals surface area contributed by atoms with E-state index in [-0.39, 0.29) is 6.04 Å². The second-order valence-corrected chi connectivity index (χ2v) is 5.54. The van der Waals surface area contributed by atoms with Crippen LogP contribution in [0.3, 0.4) is 0 Å². The lowest BCUT2D eigenvalue weighted by Gasteiger charge is -2.23. The van der Waals surface area contributed by atoms with Crippen LogP contribution < -0.4 is 5.73 Å². The molecule has 2 unspecified atom stereocenters. The van der Waals surface area contributed by atoms with Crippen molar-refractivity contribution in [1.82, 2.24) is 0 Å². The maximum atomic E-state index is 11.7. The van der Waals surface area contributed by atoms with Crippen molar-refractivity contribution in [1.29, 1.82) is 0 Å². The quantitative estimate of drug-likeness (QED) is 0.768. The van der Waals surface area contributed by atoms with Gasteiger partial charge in [-0.15, -0.1) is 0 Å². The molecule has 2 nitrogen and oxygen atoms in total. The number of rotatable bonds is 0. The maximum Gasteiger partial charge on any atom is 0.0636 e. The van der Waals surface area contributed by atoms with Gasteiger partial charge in [-0.3, -0.25) is 4.21 Å². The van der Waals surface area contributed by atoms with E-state index in [9.17, 15) is 4.21 Å². The molecule has 0 aliphatic carbocycles. The number of halogens is 2. The standard InChI is InChI=1S/C9H9Cl2NOS/c10-5-1-2-6(11)9-8(5)7(12)3-4-14(9)13/h1-2,7H,3-4,12H2. The van der Waals surface area contributed by atoms with Gasteiger partial charge in [0.05, 0.1) is 20.7 Å². The first-order chi connectivity index (χ1) is 6.61. The Morgan fingerprint density at radius 1 is 1.36 bits per heavy atom. The number of hydrogen-bond donors (Lipinski definition) is 1. The van der Waals surface area contributed by atoms with Gasteiger partial charge in [0.15, 0.2) is 0 Å². The SMILES string of the molecule is NC1CCS(=O)c2c(Cl)ccc(Cl)c21. The number of nitrogens with two attached hydrogens (primary N) is 1. The summed E-state index contributed by atoms with van der Waals surface area (Å²) >= 11 is 12.0. The first kappa shape index (κ1) is 10.4. The highest BCUT2D eigenvalue weighted by molar-refractivity contribution is 7.85. The van der Waals surface area contributed by atoms with Crippen LogP contribution in [0.2, 0.25) is 10.0 Å². The van der Waals surface area contributed by atoms with Crippen molar-refractivity contribution in [2.24, 2.45) is 5.73 Å². The van der Waals surface area contributed by atoms with E-state index in [4.69, 9.17) is 28.9 Å². The van der Waals surface area contributed by atoms with Gasteiger partial charge < -0.3 is 5.73 Å². The van der Waals surface area contributed by atoms with E-state index in [1.165, 1.54) is 0 Å². The summed E-state index contributed by atoms with van der Waals surface area (Å²) < 4.78 is 11.7. The highest BCUT2D eigenvalue weighted by Gasteiger charge is 2.26. The lowest BCUT2D eigenvalue weighted by Crippen LogP contribution is -2.22. The molecular weight excluding hydrogens is 241 g/mol. The molecule has 2 N–H and O–H groups in total. The summed E-state index contributed by atoms with van der Waals surface area (Å²) in [6.07, 6.45) is 0.694. The van der Waals surface area contributed by atoms with E-state index in [1.54, 1.807) is 12.1 Å². The molecule has 0 saturated heterocycles. The lowest BCUT2D eigenvalue weighted by atomic mass is 10.0. The molecular formula is C9H9Cl2NOS. The second kappa shape index (κ2) is 3.81. The second-order valence-electron chi connectivity index (χ2n) is 3.22. The third-order valence-electron chi connectivity index (χ3n) is 2.31. The molecule has 1 aliphatic rings. The monoisotopic (exact) mass is 249 g/mol. The van der Waals surface area contributed by atoms with Crippen LogP contribution >= 0.6 is 23.2 Å². The molecule has 0 fully saturated rings. The van der Waals surface area contributed by atoms with Gasteiger partial charge in [0, 0.05) is 22.4 Å². The van der Waals surface area contributed by atoms with Crippen molar-refractivity contribution >= 4 is 34.0 Å². The molecule has 0 saturated carbocycles. The minimum atomic E-state index is -1.05. The van der Waals surface area contributed by atoms with Crippen molar-refractivity contribution in [3.63, 3.8) is 0 Å². The van der Waals surface area contributed by atoms with Crippen LogP contribution in [0.5, 0.6) is 0 Å². The highest BCUT2D eigenvalue weighted by Crippen LogP contribution is 2.38. The minimum Gasteiger partial charge on any atom is -0.324 e. The number of benzene rings is 1. The normalized spacial score (nSPS) is 25.9. The third-order valence-corrected chi connectivity index (χ3v) is 4.57. The molecule has 1 aliphatic heterocycles. The van der Waals surface area contributed by atoms with Crippen LogP contribution in [0, 0.1) is 0 Å². The van der Waals surface area contributed by atoms with Crippen LogP contribution in [0.15, 0.2) is 17.0 Å². The van der Waals surface area contributed by atoms with Gasteiger partial charge in [-0.25, -0.2) is 0 Å². The molecule has 0 spiro atoms. The van der Waals surface area contributed by atoms with Crippen molar-refractivity contribution < 1.29 is 4.21 Å². The molecule has 0 bridgehead atoms. The summed E-state index contributed by atoms with van der Waals surface area (Å²) in [5.74, 6) is 0.564. The van der Waals surface area contributed by atoms with Gasteiger partial charge in [0.2, 0.25) is 0 Å². The van der Waals surface area contributed by atoms with Crippen molar-refractivity contribution in [2.75, 3.05) is 5.75 Å². The maximum absolute atomic E-state index is 11.7. The van der Waals surface area contributed by atoms with Crippen molar-refractivity contribution in [3.8, 4) is 0 Å². The van der Waals surface area contributed by atoms with Crippen LogP contribution in [0.1, 0.15) is 18.0 Å². The number of fused-ring (bicyclic) bond motifs is 1. The molecule has 2 atom stereocenters. The van der Waals surface area contributed by atoms with Crippen LogP contribution in [-0.2, 0) is 10.8 Å².